The van der Waals surface area contributed by atoms with E-state index in [4.69, 9.17) is 0 Å². The van der Waals surface area contributed by atoms with Crippen molar-refractivity contribution in [2.75, 3.05) is 4.90 Å². The maximum absolute atomic E-state index is 13.6. The smallest absolute Gasteiger partial charge is 0.280 e. The van der Waals surface area contributed by atoms with Gasteiger partial charge in [-0.05, 0) is 62.0 Å². The summed E-state index contributed by atoms with van der Waals surface area (Å²) in [5.74, 6) is -0.611. The van der Waals surface area contributed by atoms with E-state index in [1.54, 1.807) is 23.7 Å². The molecule has 0 spiro atoms. The van der Waals surface area contributed by atoms with Gasteiger partial charge in [-0.1, -0.05) is 41.1 Å². The van der Waals surface area contributed by atoms with Crippen LogP contribution in [0.25, 0.3) is 0 Å². The molecule has 1 N–H and O–H groups in total. The molecule has 1 fully saturated rings. The molecule has 0 radical (unpaired) electrons. The van der Waals surface area contributed by atoms with Crippen LogP contribution < -0.4 is 10.2 Å². The number of rotatable bonds is 6. The Bertz CT molecular complexity index is 1050. The molecule has 3 aromatic rings. The molecule has 1 aromatic carbocycles. The van der Waals surface area contributed by atoms with Crippen molar-refractivity contribution in [1.82, 2.24) is 19.9 Å². The van der Waals surface area contributed by atoms with E-state index in [9.17, 15) is 9.59 Å². The molecular formula is C23H25N5O2S. The first-order valence-corrected chi connectivity index (χ1v) is 11.3. The molecule has 0 aliphatic heterocycles. The number of nitrogens with one attached hydrogen (secondary N) is 1. The molecule has 1 atom stereocenters. The van der Waals surface area contributed by atoms with Gasteiger partial charge < -0.3 is 5.32 Å². The van der Waals surface area contributed by atoms with Crippen molar-refractivity contribution >= 4 is 29.0 Å². The summed E-state index contributed by atoms with van der Waals surface area (Å²) in [5, 5.41) is 8.73. The number of hydrogen-bond acceptors (Lipinski definition) is 6. The van der Waals surface area contributed by atoms with E-state index in [2.05, 4.69) is 19.9 Å². The summed E-state index contributed by atoms with van der Waals surface area (Å²) in [5.41, 5.74) is 3.34. The fourth-order valence-corrected chi connectivity index (χ4v) is 4.52. The summed E-state index contributed by atoms with van der Waals surface area (Å²) in [4.78, 5) is 33.2. The second-order valence-corrected chi connectivity index (χ2v) is 8.51. The normalized spacial score (nSPS) is 14.9. The van der Waals surface area contributed by atoms with Gasteiger partial charge in [-0.15, -0.1) is 5.10 Å². The van der Waals surface area contributed by atoms with Crippen LogP contribution in [0.15, 0.2) is 48.0 Å². The lowest BCUT2D eigenvalue weighted by atomic mass is 10.0. The van der Waals surface area contributed by atoms with Crippen LogP contribution in [0.3, 0.4) is 0 Å². The summed E-state index contributed by atoms with van der Waals surface area (Å²) in [6.45, 7) is 3.93. The highest BCUT2D eigenvalue weighted by Gasteiger charge is 2.37. The van der Waals surface area contributed by atoms with E-state index >= 15 is 0 Å². The number of pyridine rings is 1. The molecule has 0 unspecified atom stereocenters. The average molecular weight is 436 g/mol. The van der Waals surface area contributed by atoms with E-state index < -0.39 is 6.04 Å². The number of aromatic nitrogens is 3. The predicted octanol–water partition coefficient (Wildman–Crippen LogP) is 4.00. The van der Waals surface area contributed by atoms with Crippen LogP contribution in [0.4, 0.5) is 5.69 Å². The Morgan fingerprint density at radius 1 is 1.16 bits per heavy atom. The lowest BCUT2D eigenvalue weighted by Gasteiger charge is -2.32. The van der Waals surface area contributed by atoms with E-state index in [-0.39, 0.29) is 23.6 Å². The molecule has 2 heterocycles. The molecule has 2 amide bonds. The number of aryl methyl sites for hydroxylation is 2. The highest BCUT2D eigenvalue weighted by atomic mass is 32.1. The lowest BCUT2D eigenvalue weighted by Crippen LogP contribution is -2.47. The Kier molecular flexibility index (Phi) is 6.36. The molecule has 1 aliphatic rings. The van der Waals surface area contributed by atoms with Gasteiger partial charge in [0.2, 0.25) is 5.91 Å². The van der Waals surface area contributed by atoms with Gasteiger partial charge in [0.1, 0.15) is 0 Å². The van der Waals surface area contributed by atoms with Gasteiger partial charge in [-0.25, -0.2) is 0 Å². The predicted molar refractivity (Wildman–Crippen MR) is 120 cm³/mol. The Balaban J connectivity index is 1.82. The Labute approximate surface area is 185 Å². The van der Waals surface area contributed by atoms with Gasteiger partial charge in [-0.2, -0.15) is 0 Å². The van der Waals surface area contributed by atoms with Crippen LogP contribution >= 0.6 is 11.5 Å². The molecule has 31 heavy (non-hydrogen) atoms. The number of carbonyl (C=O) groups is 2. The van der Waals surface area contributed by atoms with Crippen molar-refractivity contribution in [3.8, 4) is 0 Å². The minimum absolute atomic E-state index is 0.121. The number of carbonyl (C=O) groups excluding carboxylic acids is 2. The molecular weight excluding hydrogens is 410 g/mol. The van der Waals surface area contributed by atoms with E-state index in [1.165, 1.54) is 4.90 Å². The van der Waals surface area contributed by atoms with Crippen LogP contribution in [0, 0.1) is 13.8 Å². The zero-order valence-corrected chi connectivity index (χ0v) is 18.4. The van der Waals surface area contributed by atoms with E-state index in [1.807, 2.05) is 38.1 Å². The molecule has 2 aromatic heterocycles. The first-order chi connectivity index (χ1) is 15.0. The summed E-state index contributed by atoms with van der Waals surface area (Å²) in [6.07, 6.45) is 5.75. The lowest BCUT2D eigenvalue weighted by molar-refractivity contribution is -0.123. The van der Waals surface area contributed by atoms with Crippen molar-refractivity contribution in [3.05, 3.63) is 70.5 Å². The van der Waals surface area contributed by atoms with Gasteiger partial charge in [0.25, 0.3) is 5.91 Å². The number of anilines is 1. The monoisotopic (exact) mass is 435 g/mol. The first-order valence-electron chi connectivity index (χ1n) is 10.4. The maximum Gasteiger partial charge on any atom is 0.280 e. The SMILES string of the molecule is Cc1ccc(N(C(=O)c2csnn2)[C@H](C(=O)NC2CCCC2)c2ccccn2)c(C)c1. The highest BCUT2D eigenvalue weighted by molar-refractivity contribution is 7.03. The molecule has 0 saturated heterocycles. The Morgan fingerprint density at radius 3 is 2.61 bits per heavy atom. The third kappa shape index (κ3) is 4.64. The van der Waals surface area contributed by atoms with Crippen molar-refractivity contribution in [1.29, 1.82) is 0 Å². The quantitative estimate of drug-likeness (QED) is 0.632. The zero-order valence-electron chi connectivity index (χ0n) is 17.6. The Morgan fingerprint density at radius 2 is 1.97 bits per heavy atom. The molecule has 0 bridgehead atoms. The second-order valence-electron chi connectivity index (χ2n) is 7.90. The van der Waals surface area contributed by atoms with Crippen molar-refractivity contribution in [3.63, 3.8) is 0 Å². The van der Waals surface area contributed by atoms with Gasteiger partial charge in [0, 0.05) is 23.3 Å². The van der Waals surface area contributed by atoms with Crippen molar-refractivity contribution in [2.45, 2.75) is 51.6 Å². The topological polar surface area (TPSA) is 88.1 Å². The second kappa shape index (κ2) is 9.34. The average Bonchev–Trinajstić information content (AvgIpc) is 3.47. The van der Waals surface area contributed by atoms with Crippen LogP contribution in [-0.4, -0.2) is 32.4 Å². The standard InChI is InChI=1S/C23H25N5O2S/c1-15-10-11-20(16(2)13-15)28(23(30)19-14-31-27-26-19)21(18-9-5-6-12-24-18)22(29)25-17-7-3-4-8-17/h5-6,9-14,17,21H,3-4,7-8H2,1-2H3,(H,25,29)/t21-/m0/s1. The maximum atomic E-state index is 13.6. The van der Waals surface area contributed by atoms with E-state index in [0.717, 1.165) is 48.3 Å². The minimum Gasteiger partial charge on any atom is -0.351 e. The Hall–Kier alpha value is -3.13. The summed E-state index contributed by atoms with van der Waals surface area (Å²) in [7, 11) is 0. The first kappa shape index (κ1) is 21.1. The van der Waals surface area contributed by atoms with Gasteiger partial charge in [0.15, 0.2) is 11.7 Å². The summed E-state index contributed by atoms with van der Waals surface area (Å²) >= 11 is 1.10. The largest absolute Gasteiger partial charge is 0.351 e. The van der Waals surface area contributed by atoms with Crippen LogP contribution in [0.2, 0.25) is 0 Å². The number of amides is 2. The van der Waals surface area contributed by atoms with Crippen LogP contribution in [0.1, 0.15) is 59.0 Å². The van der Waals surface area contributed by atoms with Crippen molar-refractivity contribution in [2.24, 2.45) is 0 Å². The summed E-state index contributed by atoms with van der Waals surface area (Å²) < 4.78 is 3.84. The molecule has 8 heteroatoms. The van der Waals surface area contributed by atoms with Crippen molar-refractivity contribution < 1.29 is 9.59 Å². The number of benzene rings is 1. The summed E-state index contributed by atoms with van der Waals surface area (Å²) in [6, 6.07) is 10.4. The van der Waals surface area contributed by atoms with Gasteiger partial charge in [-0.3, -0.25) is 19.5 Å². The molecule has 1 saturated carbocycles. The number of nitrogens with zero attached hydrogens (tertiary/aromatic N) is 4. The van der Waals surface area contributed by atoms with Crippen LogP contribution in [0.5, 0.6) is 0 Å². The molecule has 7 nitrogen and oxygen atoms in total. The molecule has 1 aliphatic carbocycles. The molecule has 4 rings (SSSR count). The highest BCUT2D eigenvalue weighted by Crippen LogP contribution is 2.32. The van der Waals surface area contributed by atoms with Gasteiger partial charge in [0.05, 0.1) is 5.69 Å². The zero-order chi connectivity index (χ0) is 21.8. The minimum atomic E-state index is -0.919. The van der Waals surface area contributed by atoms with Crippen LogP contribution in [-0.2, 0) is 4.79 Å². The third-order valence-electron chi connectivity index (χ3n) is 5.59. The molecule has 160 valence electrons. The fourth-order valence-electron chi connectivity index (χ4n) is 4.09. The van der Waals surface area contributed by atoms with E-state index in [0.29, 0.717) is 11.4 Å². The third-order valence-corrected chi connectivity index (χ3v) is 6.09. The fraction of sp³-hybridized carbons (Fsp3) is 0.348. The van der Waals surface area contributed by atoms with Gasteiger partial charge >= 0.3 is 0 Å². The number of hydrogen-bond donors (Lipinski definition) is 1.